The average molecular weight is 319 g/mol. The minimum absolute atomic E-state index is 0.956. The number of fused-ring (bicyclic) bond motifs is 1. The largest absolute Gasteiger partial charge is 0.361 e. The van der Waals surface area contributed by atoms with Crippen molar-refractivity contribution in [3.63, 3.8) is 0 Å². The van der Waals surface area contributed by atoms with Gasteiger partial charge in [0.2, 0.25) is 0 Å². The van der Waals surface area contributed by atoms with Crippen LogP contribution in [-0.2, 0) is 6.54 Å². The molecule has 0 atom stereocenters. The number of hydrogen-bond acceptors (Lipinski definition) is 1. The van der Waals surface area contributed by atoms with Gasteiger partial charge in [-0.05, 0) is 48.1 Å². The lowest BCUT2D eigenvalue weighted by Gasteiger charge is -2.11. The number of rotatable bonds is 5. The Kier molecular flexibility index (Phi) is 6.38. The zero-order chi connectivity index (χ0) is 17.4. The number of aromatic amines is 1. The van der Waals surface area contributed by atoms with Crippen LogP contribution in [0.15, 0.2) is 79.6 Å². The van der Waals surface area contributed by atoms with Gasteiger partial charge < -0.3 is 9.55 Å². The molecule has 1 N–H and O–H groups in total. The van der Waals surface area contributed by atoms with E-state index in [1.165, 1.54) is 16.5 Å². The van der Waals surface area contributed by atoms with E-state index in [9.17, 15) is 0 Å². The third-order valence-corrected chi connectivity index (χ3v) is 3.93. The molecule has 0 aliphatic heterocycles. The maximum atomic E-state index is 4.52. The summed E-state index contributed by atoms with van der Waals surface area (Å²) in [4.78, 5) is 7.80. The van der Waals surface area contributed by atoms with Crippen molar-refractivity contribution in [3.05, 3.63) is 80.1 Å². The van der Waals surface area contributed by atoms with Gasteiger partial charge in [0.15, 0.2) is 0 Å². The van der Waals surface area contributed by atoms with Gasteiger partial charge in [0.1, 0.15) is 5.49 Å². The second-order valence-electron chi connectivity index (χ2n) is 5.37. The Morgan fingerprint density at radius 2 is 2.04 bits per heavy atom. The van der Waals surface area contributed by atoms with Crippen molar-refractivity contribution < 1.29 is 0 Å². The van der Waals surface area contributed by atoms with E-state index in [0.717, 1.165) is 30.4 Å². The Morgan fingerprint density at radius 1 is 1.21 bits per heavy atom. The summed E-state index contributed by atoms with van der Waals surface area (Å²) < 4.78 is 2.22. The van der Waals surface area contributed by atoms with E-state index in [2.05, 4.69) is 76.9 Å². The fourth-order valence-electron chi connectivity index (χ4n) is 2.82. The van der Waals surface area contributed by atoms with Crippen LogP contribution in [0.25, 0.3) is 22.0 Å². The van der Waals surface area contributed by atoms with Gasteiger partial charge in [-0.1, -0.05) is 18.2 Å². The number of aryl methyl sites for hydroxylation is 1. The highest BCUT2D eigenvalue weighted by atomic mass is 15.0. The molecule has 0 bridgehead atoms. The van der Waals surface area contributed by atoms with Crippen LogP contribution in [0.1, 0.15) is 12.8 Å². The maximum Gasteiger partial charge on any atom is 0.135 e. The Hall–Kier alpha value is -2.81. The molecule has 24 heavy (non-hydrogen) atoms. The molecule has 0 amide bonds. The van der Waals surface area contributed by atoms with Crippen molar-refractivity contribution in [2.45, 2.75) is 19.4 Å². The van der Waals surface area contributed by atoms with Crippen molar-refractivity contribution >= 4 is 10.9 Å². The number of pyridine rings is 1. The summed E-state index contributed by atoms with van der Waals surface area (Å²) in [7, 11) is 1.86. The van der Waals surface area contributed by atoms with Crippen molar-refractivity contribution in [2.24, 2.45) is 4.99 Å². The first kappa shape index (κ1) is 17.5. The summed E-state index contributed by atoms with van der Waals surface area (Å²) in [5.74, 6) is 0. The molecular formula is C21H25N3. The lowest BCUT2D eigenvalue weighted by Crippen LogP contribution is -2.22. The number of unbranched alkanes of at least 4 members (excludes halogenated alkanes) is 1. The third-order valence-electron chi connectivity index (χ3n) is 3.93. The molecule has 2 aromatic heterocycles. The van der Waals surface area contributed by atoms with E-state index in [1.54, 1.807) is 0 Å². The second kappa shape index (κ2) is 8.73. The lowest BCUT2D eigenvalue weighted by atomic mass is 10.1. The van der Waals surface area contributed by atoms with Crippen molar-refractivity contribution in [1.29, 1.82) is 0 Å². The molecule has 0 saturated carbocycles. The summed E-state index contributed by atoms with van der Waals surface area (Å²) in [5.41, 5.74) is 4.54. The molecule has 3 nitrogen and oxygen atoms in total. The van der Waals surface area contributed by atoms with Crippen LogP contribution < -0.4 is 5.49 Å². The van der Waals surface area contributed by atoms with E-state index in [4.69, 9.17) is 0 Å². The van der Waals surface area contributed by atoms with E-state index < -0.39 is 0 Å². The van der Waals surface area contributed by atoms with Gasteiger partial charge in [-0.2, -0.15) is 0 Å². The normalized spacial score (nSPS) is 11.1. The van der Waals surface area contributed by atoms with E-state index in [1.807, 2.05) is 19.3 Å². The topological polar surface area (TPSA) is 33.1 Å². The van der Waals surface area contributed by atoms with Gasteiger partial charge in [0, 0.05) is 37.1 Å². The van der Waals surface area contributed by atoms with Crippen molar-refractivity contribution in [1.82, 2.24) is 9.55 Å². The van der Waals surface area contributed by atoms with Crippen LogP contribution in [0.5, 0.6) is 0 Å². The molecule has 2 heterocycles. The van der Waals surface area contributed by atoms with E-state index >= 15 is 0 Å². The molecule has 0 saturated heterocycles. The molecule has 0 spiro atoms. The van der Waals surface area contributed by atoms with E-state index in [-0.39, 0.29) is 0 Å². The minimum atomic E-state index is 0.956. The molecule has 1 aromatic carbocycles. The zero-order valence-electron chi connectivity index (χ0n) is 14.3. The third kappa shape index (κ3) is 3.74. The fraction of sp³-hybridized carbons (Fsp3) is 0.190. The quantitative estimate of drug-likeness (QED) is 0.511. The van der Waals surface area contributed by atoms with Crippen LogP contribution in [0.3, 0.4) is 0 Å². The zero-order valence-corrected chi connectivity index (χ0v) is 14.3. The molecule has 124 valence electrons. The maximum absolute atomic E-state index is 4.52. The summed E-state index contributed by atoms with van der Waals surface area (Å²) in [6.45, 7) is 10.7. The molecular weight excluding hydrogens is 294 g/mol. The highest BCUT2D eigenvalue weighted by Gasteiger charge is 2.05. The highest BCUT2D eigenvalue weighted by molar-refractivity contribution is 5.84. The summed E-state index contributed by atoms with van der Waals surface area (Å²) in [6.07, 6.45) is 8.14. The molecule has 0 unspecified atom stereocenters. The van der Waals surface area contributed by atoms with Gasteiger partial charge >= 0.3 is 0 Å². The monoisotopic (exact) mass is 319 g/mol. The Balaban J connectivity index is 0.00000100. The smallest absolute Gasteiger partial charge is 0.135 e. The first-order valence-electron chi connectivity index (χ1n) is 8.14. The van der Waals surface area contributed by atoms with Crippen molar-refractivity contribution in [2.75, 3.05) is 7.05 Å². The molecule has 0 aliphatic carbocycles. The summed E-state index contributed by atoms with van der Waals surface area (Å²) >= 11 is 0. The van der Waals surface area contributed by atoms with E-state index in [0.29, 0.717) is 0 Å². The molecule has 3 aromatic rings. The number of benzene rings is 1. The predicted octanol–water partition coefficient (Wildman–Crippen LogP) is 4.94. The molecule has 0 fully saturated rings. The van der Waals surface area contributed by atoms with Gasteiger partial charge in [0.25, 0.3) is 0 Å². The summed E-state index contributed by atoms with van der Waals surface area (Å²) in [6, 6.07) is 12.8. The predicted molar refractivity (Wildman–Crippen MR) is 104 cm³/mol. The fourth-order valence-corrected chi connectivity index (χ4v) is 2.82. The lowest BCUT2D eigenvalue weighted by molar-refractivity contribution is 0.621. The van der Waals surface area contributed by atoms with Gasteiger partial charge in [-0.3, -0.25) is 4.99 Å². The molecule has 0 aliphatic rings. The first-order chi connectivity index (χ1) is 11.8. The number of aromatic nitrogens is 2. The molecule has 0 radical (unpaired) electrons. The highest BCUT2D eigenvalue weighted by Crippen LogP contribution is 2.21. The van der Waals surface area contributed by atoms with Gasteiger partial charge in [-0.15, -0.1) is 19.7 Å². The minimum Gasteiger partial charge on any atom is -0.361 e. The Morgan fingerprint density at radius 3 is 2.79 bits per heavy atom. The molecule has 3 rings (SSSR count). The first-order valence-corrected chi connectivity index (χ1v) is 8.14. The van der Waals surface area contributed by atoms with Crippen molar-refractivity contribution in [3.8, 4) is 11.1 Å². The van der Waals surface area contributed by atoms with Crippen LogP contribution in [-0.4, -0.2) is 16.6 Å². The number of nitrogens with zero attached hydrogens (tertiary/aromatic N) is 2. The number of hydrogen-bond donors (Lipinski definition) is 1. The Labute approximate surface area is 143 Å². The van der Waals surface area contributed by atoms with Crippen LogP contribution in [0.2, 0.25) is 0 Å². The van der Waals surface area contributed by atoms with Crippen LogP contribution in [0.4, 0.5) is 0 Å². The number of allylic oxidation sites excluding steroid dienone is 1. The Bertz CT molecular complexity index is 868. The van der Waals surface area contributed by atoms with Gasteiger partial charge in [-0.25, -0.2) is 0 Å². The average Bonchev–Trinajstić information content (AvgIpc) is 3.11. The van der Waals surface area contributed by atoms with Gasteiger partial charge in [0.05, 0.1) is 0 Å². The SMILES string of the molecule is C=C.C=CCCCn1cccc(-c2ccc3cc[nH]c3c2)c1=NC. The van der Waals surface area contributed by atoms with Crippen LogP contribution in [0, 0.1) is 0 Å². The number of nitrogens with one attached hydrogen (secondary N) is 1. The summed E-state index contributed by atoms with van der Waals surface area (Å²) in [5, 5.41) is 1.23. The van der Waals surface area contributed by atoms with Crippen LogP contribution >= 0.6 is 0 Å². The second-order valence-corrected chi connectivity index (χ2v) is 5.37. The molecule has 3 heteroatoms. The standard InChI is InChI=1S/C19H21N3.C2H4/c1-3-4-5-12-22-13-6-7-17(19(22)20-2)16-9-8-15-10-11-21-18(15)14-16;1-2/h3,6-11,13-14,21H,1,4-5,12H2,2H3;1-2H2. The number of H-pyrrole nitrogens is 1.